The summed E-state index contributed by atoms with van der Waals surface area (Å²) in [6, 6.07) is 12.1. The molecule has 1 aliphatic carbocycles. The number of aryl methyl sites for hydroxylation is 2. The van der Waals surface area contributed by atoms with Gasteiger partial charge in [0.15, 0.2) is 6.10 Å². The van der Waals surface area contributed by atoms with Gasteiger partial charge in [0.25, 0.3) is 0 Å². The number of rotatable bonds is 5. The van der Waals surface area contributed by atoms with Gasteiger partial charge in [-0.2, -0.15) is 0 Å². The second-order valence-corrected chi connectivity index (χ2v) is 5.98. The first-order chi connectivity index (χ1) is 12.1. The zero-order valence-corrected chi connectivity index (χ0v) is 14.3. The molecule has 0 fully saturated rings. The molecular weight excluding hydrogens is 320 g/mol. The molecule has 0 aromatic heterocycles. The zero-order chi connectivity index (χ0) is 17.8. The summed E-state index contributed by atoms with van der Waals surface area (Å²) in [5.41, 5.74) is 3.04. The van der Waals surface area contributed by atoms with Gasteiger partial charge in [-0.3, -0.25) is 0 Å². The average Bonchev–Trinajstić information content (AvgIpc) is 3.09. The molecule has 0 bridgehead atoms. The van der Waals surface area contributed by atoms with E-state index in [1.54, 1.807) is 31.2 Å². The van der Waals surface area contributed by atoms with E-state index in [0.717, 1.165) is 19.3 Å². The third kappa shape index (κ3) is 3.99. The number of carbonyl (C=O) groups is 2. The Hall–Kier alpha value is -2.82. The fourth-order valence-electron chi connectivity index (χ4n) is 2.85. The number of carbonyl (C=O) groups excluding carboxylic acids is 2. The SMILES string of the molecule is COC(=O)c1ccc(OC(=O)C(C)Oc2ccc3c(c2)CCC3)cc1. The van der Waals surface area contributed by atoms with Crippen molar-refractivity contribution in [3.63, 3.8) is 0 Å². The van der Waals surface area contributed by atoms with Gasteiger partial charge in [0, 0.05) is 0 Å². The quantitative estimate of drug-likeness (QED) is 0.617. The summed E-state index contributed by atoms with van der Waals surface area (Å²) in [6.07, 6.45) is 2.59. The molecule has 0 saturated heterocycles. The molecule has 1 unspecified atom stereocenters. The van der Waals surface area contributed by atoms with E-state index < -0.39 is 18.0 Å². The van der Waals surface area contributed by atoms with Gasteiger partial charge in [-0.15, -0.1) is 0 Å². The summed E-state index contributed by atoms with van der Waals surface area (Å²) < 4.78 is 15.6. The Bertz CT molecular complexity index is 779. The van der Waals surface area contributed by atoms with Crippen LogP contribution < -0.4 is 9.47 Å². The maximum atomic E-state index is 12.2. The number of ether oxygens (including phenoxy) is 3. The van der Waals surface area contributed by atoms with E-state index >= 15 is 0 Å². The van der Waals surface area contributed by atoms with E-state index in [0.29, 0.717) is 17.1 Å². The van der Waals surface area contributed by atoms with Crippen LogP contribution in [0.25, 0.3) is 0 Å². The fraction of sp³-hybridized carbons (Fsp3) is 0.300. The van der Waals surface area contributed by atoms with Crippen molar-refractivity contribution in [2.75, 3.05) is 7.11 Å². The maximum Gasteiger partial charge on any atom is 0.352 e. The molecule has 2 aromatic carbocycles. The van der Waals surface area contributed by atoms with Gasteiger partial charge < -0.3 is 14.2 Å². The number of fused-ring (bicyclic) bond motifs is 1. The van der Waals surface area contributed by atoms with Crippen molar-refractivity contribution < 1.29 is 23.8 Å². The van der Waals surface area contributed by atoms with Crippen molar-refractivity contribution in [2.24, 2.45) is 0 Å². The van der Waals surface area contributed by atoms with E-state index in [9.17, 15) is 9.59 Å². The summed E-state index contributed by atoms with van der Waals surface area (Å²) in [5.74, 6) is 0.0886. The lowest BCUT2D eigenvalue weighted by Crippen LogP contribution is -2.28. The molecule has 0 radical (unpaired) electrons. The topological polar surface area (TPSA) is 61.8 Å². The summed E-state index contributed by atoms with van der Waals surface area (Å²) in [5, 5.41) is 0. The van der Waals surface area contributed by atoms with Crippen molar-refractivity contribution in [2.45, 2.75) is 32.3 Å². The van der Waals surface area contributed by atoms with Crippen LogP contribution >= 0.6 is 0 Å². The molecule has 3 rings (SSSR count). The van der Waals surface area contributed by atoms with E-state index in [4.69, 9.17) is 9.47 Å². The minimum atomic E-state index is -0.736. The smallest absolute Gasteiger partial charge is 0.352 e. The summed E-state index contributed by atoms with van der Waals surface area (Å²) in [6.45, 7) is 1.65. The van der Waals surface area contributed by atoms with Crippen LogP contribution in [0.2, 0.25) is 0 Å². The molecule has 0 spiro atoms. The van der Waals surface area contributed by atoms with Crippen LogP contribution in [-0.2, 0) is 22.4 Å². The van der Waals surface area contributed by atoms with Crippen LogP contribution in [0.3, 0.4) is 0 Å². The lowest BCUT2D eigenvalue weighted by atomic mass is 10.1. The first-order valence-corrected chi connectivity index (χ1v) is 8.25. The van der Waals surface area contributed by atoms with E-state index in [2.05, 4.69) is 10.8 Å². The molecule has 25 heavy (non-hydrogen) atoms. The standard InChI is InChI=1S/C20H20O5/c1-13(24-18-11-6-14-4-3-5-16(14)12-18)19(21)25-17-9-7-15(8-10-17)20(22)23-2/h6-13H,3-5H2,1-2H3. The van der Waals surface area contributed by atoms with Gasteiger partial charge in [0.1, 0.15) is 11.5 Å². The lowest BCUT2D eigenvalue weighted by Gasteiger charge is -2.14. The Balaban J connectivity index is 1.60. The van der Waals surface area contributed by atoms with Crippen LogP contribution in [0.5, 0.6) is 11.5 Å². The molecule has 0 aliphatic heterocycles. The zero-order valence-electron chi connectivity index (χ0n) is 14.3. The third-order valence-electron chi connectivity index (χ3n) is 4.21. The third-order valence-corrected chi connectivity index (χ3v) is 4.21. The summed E-state index contributed by atoms with van der Waals surface area (Å²) >= 11 is 0. The average molecular weight is 340 g/mol. The van der Waals surface area contributed by atoms with E-state index in [-0.39, 0.29) is 0 Å². The highest BCUT2D eigenvalue weighted by Gasteiger charge is 2.19. The molecule has 5 heteroatoms. The summed E-state index contributed by atoms with van der Waals surface area (Å²) in [4.78, 5) is 23.6. The predicted molar refractivity (Wildman–Crippen MR) is 92.0 cm³/mol. The minimum absolute atomic E-state index is 0.349. The van der Waals surface area contributed by atoms with Crippen molar-refractivity contribution in [3.05, 3.63) is 59.2 Å². The Morgan fingerprint density at radius 2 is 1.64 bits per heavy atom. The Kier molecular flexibility index (Phi) is 5.03. The van der Waals surface area contributed by atoms with Gasteiger partial charge in [-0.05, 0) is 73.7 Å². The van der Waals surface area contributed by atoms with Gasteiger partial charge in [-0.25, -0.2) is 9.59 Å². The Morgan fingerprint density at radius 1 is 0.960 bits per heavy atom. The highest BCUT2D eigenvalue weighted by atomic mass is 16.6. The highest BCUT2D eigenvalue weighted by molar-refractivity contribution is 5.89. The van der Waals surface area contributed by atoms with Crippen molar-refractivity contribution in [1.29, 1.82) is 0 Å². The van der Waals surface area contributed by atoms with Gasteiger partial charge in [-0.1, -0.05) is 6.07 Å². The number of esters is 2. The number of benzene rings is 2. The van der Waals surface area contributed by atoms with Gasteiger partial charge in [0.05, 0.1) is 12.7 Å². The largest absolute Gasteiger partial charge is 0.479 e. The molecular formula is C20H20O5. The van der Waals surface area contributed by atoms with Crippen LogP contribution in [-0.4, -0.2) is 25.2 Å². The molecule has 5 nitrogen and oxygen atoms in total. The molecule has 0 saturated carbocycles. The normalized spacial score (nSPS) is 13.7. The van der Waals surface area contributed by atoms with Crippen LogP contribution in [0.1, 0.15) is 34.8 Å². The second kappa shape index (κ2) is 7.38. The molecule has 2 aromatic rings. The van der Waals surface area contributed by atoms with Crippen molar-refractivity contribution in [1.82, 2.24) is 0 Å². The Labute approximate surface area is 146 Å². The summed E-state index contributed by atoms with van der Waals surface area (Å²) in [7, 11) is 1.31. The minimum Gasteiger partial charge on any atom is -0.479 e. The molecule has 0 N–H and O–H groups in total. The molecule has 0 heterocycles. The van der Waals surface area contributed by atoms with Crippen LogP contribution in [0.4, 0.5) is 0 Å². The monoisotopic (exact) mass is 340 g/mol. The Morgan fingerprint density at radius 3 is 2.36 bits per heavy atom. The maximum absolute atomic E-state index is 12.2. The first-order valence-electron chi connectivity index (χ1n) is 8.25. The lowest BCUT2D eigenvalue weighted by molar-refractivity contribution is -0.141. The highest BCUT2D eigenvalue weighted by Crippen LogP contribution is 2.26. The molecule has 1 aliphatic rings. The van der Waals surface area contributed by atoms with Crippen molar-refractivity contribution >= 4 is 11.9 Å². The van der Waals surface area contributed by atoms with Gasteiger partial charge in [0.2, 0.25) is 0 Å². The molecule has 1 atom stereocenters. The predicted octanol–water partition coefficient (Wildman–Crippen LogP) is 3.33. The van der Waals surface area contributed by atoms with Crippen LogP contribution in [0.15, 0.2) is 42.5 Å². The van der Waals surface area contributed by atoms with Crippen LogP contribution in [0, 0.1) is 0 Å². The number of hydrogen-bond donors (Lipinski definition) is 0. The number of hydrogen-bond acceptors (Lipinski definition) is 5. The van der Waals surface area contributed by atoms with Gasteiger partial charge >= 0.3 is 11.9 Å². The molecule has 0 amide bonds. The molecule has 130 valence electrons. The fourth-order valence-corrected chi connectivity index (χ4v) is 2.85. The van der Waals surface area contributed by atoms with E-state index in [1.807, 2.05) is 12.1 Å². The van der Waals surface area contributed by atoms with E-state index in [1.165, 1.54) is 18.2 Å². The first kappa shape index (κ1) is 17.0. The second-order valence-electron chi connectivity index (χ2n) is 5.98. The number of methoxy groups -OCH3 is 1. The van der Waals surface area contributed by atoms with Crippen molar-refractivity contribution in [3.8, 4) is 11.5 Å².